The van der Waals surface area contributed by atoms with E-state index in [1.807, 2.05) is 42.6 Å². The lowest BCUT2D eigenvalue weighted by Crippen LogP contribution is -2.16. The molecule has 0 spiro atoms. The SMILES string of the molecule is C[C@]1(C#Cc2cccc(-n3nc(C(N)=O)c4cnc(C#N)cc43)c2)CCc2cccnc21. The van der Waals surface area contributed by atoms with E-state index in [0.29, 0.717) is 16.6 Å². The molecule has 1 aliphatic carbocycles. The number of aromatic nitrogens is 4. The number of fused-ring (bicyclic) bond motifs is 2. The number of pyridine rings is 2. The van der Waals surface area contributed by atoms with Gasteiger partial charge in [0.15, 0.2) is 5.69 Å². The molecule has 3 heterocycles. The zero-order chi connectivity index (χ0) is 22.3. The summed E-state index contributed by atoms with van der Waals surface area (Å²) in [6, 6.07) is 15.2. The van der Waals surface area contributed by atoms with Gasteiger partial charge in [-0.15, -0.1) is 0 Å². The first kappa shape index (κ1) is 19.5. The van der Waals surface area contributed by atoms with Crippen molar-refractivity contribution in [2.75, 3.05) is 0 Å². The highest BCUT2D eigenvalue weighted by Gasteiger charge is 2.33. The minimum Gasteiger partial charge on any atom is -0.364 e. The average molecular weight is 418 g/mol. The summed E-state index contributed by atoms with van der Waals surface area (Å²) in [5.74, 6) is 6.05. The zero-order valence-electron chi connectivity index (χ0n) is 17.3. The van der Waals surface area contributed by atoms with Crippen molar-refractivity contribution in [1.29, 1.82) is 5.26 Å². The molecule has 1 aromatic carbocycles. The molecule has 154 valence electrons. The third-order valence-electron chi connectivity index (χ3n) is 5.80. The predicted molar refractivity (Wildman–Crippen MR) is 119 cm³/mol. The van der Waals surface area contributed by atoms with Crippen LogP contribution in [0.15, 0.2) is 54.9 Å². The van der Waals surface area contributed by atoms with Crippen molar-refractivity contribution >= 4 is 16.8 Å². The summed E-state index contributed by atoms with van der Waals surface area (Å²) in [6.07, 6.45) is 5.17. The predicted octanol–water partition coefficient (Wildman–Crippen LogP) is 3.04. The second kappa shape index (κ2) is 7.33. The summed E-state index contributed by atoms with van der Waals surface area (Å²) < 4.78 is 1.59. The van der Waals surface area contributed by atoms with E-state index in [1.165, 1.54) is 11.8 Å². The molecule has 0 unspecified atom stereocenters. The number of aryl methyl sites for hydroxylation is 1. The van der Waals surface area contributed by atoms with Gasteiger partial charge in [0.2, 0.25) is 0 Å². The number of carbonyl (C=O) groups excluding carboxylic acids is 1. The highest BCUT2D eigenvalue weighted by atomic mass is 16.1. The fourth-order valence-corrected chi connectivity index (χ4v) is 4.14. The van der Waals surface area contributed by atoms with Crippen molar-refractivity contribution in [3.63, 3.8) is 0 Å². The molecule has 0 radical (unpaired) electrons. The topological polar surface area (TPSA) is 110 Å². The molecule has 1 amide bonds. The Labute approximate surface area is 184 Å². The van der Waals surface area contributed by atoms with Gasteiger partial charge in [0.25, 0.3) is 5.91 Å². The van der Waals surface area contributed by atoms with Gasteiger partial charge in [-0.25, -0.2) is 9.67 Å². The number of nitrogens with two attached hydrogens (primary N) is 1. The van der Waals surface area contributed by atoms with Gasteiger partial charge in [0.1, 0.15) is 11.8 Å². The molecule has 0 saturated heterocycles. The number of hydrogen-bond acceptors (Lipinski definition) is 5. The zero-order valence-corrected chi connectivity index (χ0v) is 17.3. The summed E-state index contributed by atoms with van der Waals surface area (Å²) >= 11 is 0. The van der Waals surface area contributed by atoms with Crippen LogP contribution in [0.3, 0.4) is 0 Å². The Morgan fingerprint density at radius 2 is 2.09 bits per heavy atom. The van der Waals surface area contributed by atoms with E-state index in [4.69, 9.17) is 5.73 Å². The van der Waals surface area contributed by atoms with Gasteiger partial charge < -0.3 is 5.73 Å². The van der Waals surface area contributed by atoms with Crippen molar-refractivity contribution in [2.24, 2.45) is 5.73 Å². The molecule has 2 N–H and O–H groups in total. The highest BCUT2D eigenvalue weighted by Crippen LogP contribution is 2.36. The van der Waals surface area contributed by atoms with Crippen LogP contribution in [0.25, 0.3) is 16.6 Å². The molecule has 5 rings (SSSR count). The van der Waals surface area contributed by atoms with E-state index >= 15 is 0 Å². The molecular formula is C25H18N6O. The lowest BCUT2D eigenvalue weighted by Gasteiger charge is -2.16. The Kier molecular flexibility index (Phi) is 4.46. The first-order valence-corrected chi connectivity index (χ1v) is 10.2. The van der Waals surface area contributed by atoms with Crippen LogP contribution in [-0.2, 0) is 11.8 Å². The van der Waals surface area contributed by atoms with Gasteiger partial charge in [-0.1, -0.05) is 24.0 Å². The molecule has 32 heavy (non-hydrogen) atoms. The first-order chi connectivity index (χ1) is 15.5. The summed E-state index contributed by atoms with van der Waals surface area (Å²) in [4.78, 5) is 20.5. The molecule has 0 fully saturated rings. The number of carbonyl (C=O) groups is 1. The van der Waals surface area contributed by atoms with Crippen LogP contribution < -0.4 is 5.73 Å². The number of nitrogens with zero attached hydrogens (tertiary/aromatic N) is 5. The summed E-state index contributed by atoms with van der Waals surface area (Å²) in [5, 5.41) is 14.1. The number of benzene rings is 1. The van der Waals surface area contributed by atoms with E-state index in [9.17, 15) is 10.1 Å². The largest absolute Gasteiger partial charge is 0.364 e. The Morgan fingerprint density at radius 3 is 2.91 bits per heavy atom. The highest BCUT2D eigenvalue weighted by molar-refractivity contribution is 6.04. The van der Waals surface area contributed by atoms with Gasteiger partial charge in [0.05, 0.1) is 27.7 Å². The van der Waals surface area contributed by atoms with Gasteiger partial charge in [-0.05, 0) is 49.6 Å². The summed E-state index contributed by atoms with van der Waals surface area (Å²) in [7, 11) is 0. The molecule has 1 atom stereocenters. The Morgan fingerprint density at radius 1 is 1.22 bits per heavy atom. The Bertz CT molecular complexity index is 1500. The molecule has 7 heteroatoms. The standard InChI is InChI=1S/C25H18N6O/c1-25(10-8-17-5-3-11-28-23(17)25)9-7-16-4-2-6-19(12-16)31-21-13-18(14-26)29-15-20(21)22(30-31)24(27)32/h2-6,11-13,15H,8,10H2,1H3,(H2,27,32)/t25-/m0/s1. The molecule has 3 aromatic heterocycles. The molecule has 7 nitrogen and oxygen atoms in total. The molecule has 4 aromatic rings. The number of amides is 1. The van der Waals surface area contributed by atoms with E-state index in [-0.39, 0.29) is 16.8 Å². The number of hydrogen-bond donors (Lipinski definition) is 1. The van der Waals surface area contributed by atoms with E-state index in [1.54, 1.807) is 10.7 Å². The molecule has 0 saturated carbocycles. The van der Waals surface area contributed by atoms with E-state index < -0.39 is 5.91 Å². The maximum absolute atomic E-state index is 11.9. The van der Waals surface area contributed by atoms with Gasteiger partial charge in [-0.3, -0.25) is 9.78 Å². The maximum Gasteiger partial charge on any atom is 0.269 e. The lowest BCUT2D eigenvalue weighted by molar-refractivity contribution is 0.0996. The van der Waals surface area contributed by atoms with Gasteiger partial charge in [0, 0.05) is 24.0 Å². The van der Waals surface area contributed by atoms with Crippen LogP contribution in [0, 0.1) is 23.2 Å². The minimum absolute atomic E-state index is 0.106. The van der Waals surface area contributed by atoms with Crippen LogP contribution in [0.2, 0.25) is 0 Å². The second-order valence-electron chi connectivity index (χ2n) is 7.97. The number of primary amides is 1. The lowest BCUT2D eigenvalue weighted by atomic mass is 9.88. The van der Waals surface area contributed by atoms with Crippen molar-refractivity contribution in [3.8, 4) is 23.6 Å². The van der Waals surface area contributed by atoms with Crippen LogP contribution >= 0.6 is 0 Å². The Balaban J connectivity index is 1.58. The third kappa shape index (κ3) is 3.17. The molecule has 1 aliphatic rings. The monoisotopic (exact) mass is 418 g/mol. The summed E-state index contributed by atoms with van der Waals surface area (Å²) in [6.45, 7) is 2.12. The fourth-order valence-electron chi connectivity index (χ4n) is 4.14. The van der Waals surface area contributed by atoms with Crippen LogP contribution in [0.5, 0.6) is 0 Å². The van der Waals surface area contributed by atoms with E-state index in [0.717, 1.165) is 24.1 Å². The average Bonchev–Trinajstić information content (AvgIpc) is 3.37. The van der Waals surface area contributed by atoms with Crippen molar-refractivity contribution in [3.05, 3.63) is 83.1 Å². The maximum atomic E-state index is 11.9. The second-order valence-corrected chi connectivity index (χ2v) is 7.97. The number of nitriles is 1. The quantitative estimate of drug-likeness (QED) is 0.503. The summed E-state index contributed by atoms with van der Waals surface area (Å²) in [5.41, 5.74) is 9.94. The minimum atomic E-state index is -0.656. The van der Waals surface area contributed by atoms with Crippen molar-refractivity contribution < 1.29 is 4.79 Å². The third-order valence-corrected chi connectivity index (χ3v) is 5.80. The Hall–Kier alpha value is -4.49. The van der Waals surface area contributed by atoms with Gasteiger partial charge >= 0.3 is 0 Å². The first-order valence-electron chi connectivity index (χ1n) is 10.2. The molecule has 0 aliphatic heterocycles. The van der Waals surface area contributed by atoms with Crippen molar-refractivity contribution in [2.45, 2.75) is 25.2 Å². The van der Waals surface area contributed by atoms with E-state index in [2.05, 4.69) is 39.9 Å². The fraction of sp³-hybridized carbons (Fsp3) is 0.160. The van der Waals surface area contributed by atoms with Crippen LogP contribution in [0.1, 0.15) is 46.3 Å². The molecule has 0 bridgehead atoms. The smallest absolute Gasteiger partial charge is 0.269 e. The normalized spacial score (nSPS) is 16.8. The van der Waals surface area contributed by atoms with Gasteiger partial charge in [-0.2, -0.15) is 10.4 Å². The van der Waals surface area contributed by atoms with Crippen LogP contribution in [-0.4, -0.2) is 25.7 Å². The number of rotatable bonds is 2. The van der Waals surface area contributed by atoms with Crippen LogP contribution in [0.4, 0.5) is 0 Å². The molecular weight excluding hydrogens is 400 g/mol. The van der Waals surface area contributed by atoms with Crippen molar-refractivity contribution in [1.82, 2.24) is 19.7 Å².